The third kappa shape index (κ3) is 4.65. The van der Waals surface area contributed by atoms with Crippen LogP contribution >= 0.6 is 23.2 Å². The van der Waals surface area contributed by atoms with E-state index >= 15 is 0 Å². The van der Waals surface area contributed by atoms with Gasteiger partial charge in [0, 0.05) is 65.3 Å². The number of rotatable bonds is 4. The van der Waals surface area contributed by atoms with Crippen LogP contribution in [0.3, 0.4) is 0 Å². The minimum atomic E-state index is -0.333. The van der Waals surface area contributed by atoms with Crippen LogP contribution in [-0.2, 0) is 7.05 Å². The number of carbonyl (C=O) groups is 2. The molecule has 31 heavy (non-hydrogen) atoms. The average molecular weight is 459 g/mol. The standard InChI is InChI=1S/C21H20Cl2N6O2/c1-28-10-14(9-26-28)13-6-18(19(24)25-8-13)20(30)27-17-2-3-29(11-17)21(31)12-4-15(22)7-16(23)5-12/h4-10,17H,2-3,11H2,1H3,(H2,24,25)(H,27,30)/t17-/m1/s1. The maximum atomic E-state index is 12.9. The number of nitrogens with two attached hydrogens (primary N) is 1. The van der Waals surface area contributed by atoms with Crippen LogP contribution in [0.15, 0.2) is 42.9 Å². The molecule has 0 spiro atoms. The number of nitrogens with one attached hydrogen (secondary N) is 1. The first kappa shape index (κ1) is 21.1. The molecule has 1 atom stereocenters. The number of carbonyl (C=O) groups excluding carboxylic acids is 2. The van der Waals surface area contributed by atoms with Crippen molar-refractivity contribution in [1.82, 2.24) is 25.0 Å². The largest absolute Gasteiger partial charge is 0.383 e. The van der Waals surface area contributed by atoms with Crippen LogP contribution in [0.5, 0.6) is 0 Å². The van der Waals surface area contributed by atoms with Crippen LogP contribution in [0.4, 0.5) is 5.82 Å². The van der Waals surface area contributed by atoms with Crippen molar-refractivity contribution in [3.8, 4) is 11.1 Å². The molecule has 8 nitrogen and oxygen atoms in total. The fraction of sp³-hybridized carbons (Fsp3) is 0.238. The number of amides is 2. The second kappa shape index (κ2) is 8.56. The summed E-state index contributed by atoms with van der Waals surface area (Å²) in [6.07, 6.45) is 5.76. The van der Waals surface area contributed by atoms with Crippen molar-refractivity contribution in [2.45, 2.75) is 12.5 Å². The minimum Gasteiger partial charge on any atom is -0.383 e. The Hall–Kier alpha value is -3.10. The number of hydrogen-bond acceptors (Lipinski definition) is 5. The summed E-state index contributed by atoms with van der Waals surface area (Å²) in [6, 6.07) is 6.23. The molecule has 1 saturated heterocycles. The van der Waals surface area contributed by atoms with Crippen molar-refractivity contribution in [3.05, 3.63) is 64.0 Å². The van der Waals surface area contributed by atoms with E-state index in [0.717, 1.165) is 11.1 Å². The monoisotopic (exact) mass is 458 g/mol. The van der Waals surface area contributed by atoms with Gasteiger partial charge in [-0.15, -0.1) is 0 Å². The van der Waals surface area contributed by atoms with Gasteiger partial charge in [0.1, 0.15) is 5.82 Å². The zero-order chi connectivity index (χ0) is 22.1. The predicted octanol–water partition coefficient (Wildman–Crippen LogP) is 3.02. The maximum absolute atomic E-state index is 12.9. The van der Waals surface area contributed by atoms with Crippen LogP contribution in [0.1, 0.15) is 27.1 Å². The van der Waals surface area contributed by atoms with Crippen molar-refractivity contribution >= 4 is 40.8 Å². The maximum Gasteiger partial charge on any atom is 0.255 e. The second-order valence-corrected chi connectivity index (χ2v) is 8.30. The van der Waals surface area contributed by atoms with E-state index in [1.54, 1.807) is 46.2 Å². The van der Waals surface area contributed by atoms with Crippen LogP contribution in [0.25, 0.3) is 11.1 Å². The first-order chi connectivity index (χ1) is 14.8. The summed E-state index contributed by atoms with van der Waals surface area (Å²) in [6.45, 7) is 0.891. The molecule has 4 rings (SSSR count). The lowest BCUT2D eigenvalue weighted by molar-refractivity contribution is 0.0783. The number of nitrogens with zero attached hydrogens (tertiary/aromatic N) is 4. The third-order valence-electron chi connectivity index (χ3n) is 5.12. The molecule has 1 aliphatic rings. The first-order valence-corrected chi connectivity index (χ1v) is 10.4. The lowest BCUT2D eigenvalue weighted by atomic mass is 10.1. The minimum absolute atomic E-state index is 0.143. The van der Waals surface area contributed by atoms with Gasteiger partial charge in [-0.1, -0.05) is 23.2 Å². The number of benzene rings is 1. The Kier molecular flexibility index (Phi) is 5.84. The summed E-state index contributed by atoms with van der Waals surface area (Å²) in [5.74, 6) is -0.369. The average Bonchev–Trinajstić information content (AvgIpc) is 3.36. The highest BCUT2D eigenvalue weighted by Gasteiger charge is 2.29. The van der Waals surface area contributed by atoms with Crippen molar-refractivity contribution in [2.75, 3.05) is 18.8 Å². The summed E-state index contributed by atoms with van der Waals surface area (Å²) in [7, 11) is 1.81. The number of halogens is 2. The zero-order valence-electron chi connectivity index (χ0n) is 16.7. The molecular weight excluding hydrogens is 439 g/mol. The molecule has 2 amide bonds. The van der Waals surface area contributed by atoms with Crippen LogP contribution in [0, 0.1) is 0 Å². The summed E-state index contributed by atoms with van der Waals surface area (Å²) < 4.78 is 1.67. The summed E-state index contributed by atoms with van der Waals surface area (Å²) in [5, 5.41) is 7.89. The highest BCUT2D eigenvalue weighted by atomic mass is 35.5. The van der Waals surface area contributed by atoms with E-state index in [0.29, 0.717) is 35.1 Å². The molecule has 0 aliphatic carbocycles. The highest BCUT2D eigenvalue weighted by molar-refractivity contribution is 6.35. The Bertz CT molecular complexity index is 1140. The predicted molar refractivity (Wildman–Crippen MR) is 119 cm³/mol. The number of likely N-dealkylation sites (tertiary alicyclic amines) is 1. The molecule has 160 valence electrons. The van der Waals surface area contributed by atoms with Gasteiger partial charge < -0.3 is 16.0 Å². The SMILES string of the molecule is Cn1cc(-c2cnc(N)c(C(=O)N[C@@H]3CCN(C(=O)c4cc(Cl)cc(Cl)c4)C3)c2)cn1. The molecule has 0 unspecified atom stereocenters. The molecule has 1 aliphatic heterocycles. The third-order valence-corrected chi connectivity index (χ3v) is 5.56. The molecule has 3 heterocycles. The molecule has 3 aromatic rings. The molecular formula is C21H20Cl2N6O2. The zero-order valence-corrected chi connectivity index (χ0v) is 18.2. The van der Waals surface area contributed by atoms with Gasteiger partial charge in [0.15, 0.2) is 0 Å². The van der Waals surface area contributed by atoms with Crippen LogP contribution < -0.4 is 11.1 Å². The molecule has 1 aromatic carbocycles. The Morgan fingerprint density at radius 3 is 2.55 bits per heavy atom. The van der Waals surface area contributed by atoms with Crippen molar-refractivity contribution < 1.29 is 9.59 Å². The number of nitrogen functional groups attached to an aromatic ring is 1. The molecule has 10 heteroatoms. The quantitative estimate of drug-likeness (QED) is 0.624. The molecule has 3 N–H and O–H groups in total. The molecule has 0 radical (unpaired) electrons. The van der Waals surface area contributed by atoms with Crippen LogP contribution in [0.2, 0.25) is 10.0 Å². The smallest absolute Gasteiger partial charge is 0.255 e. The van der Waals surface area contributed by atoms with Gasteiger partial charge in [-0.25, -0.2) is 4.98 Å². The molecule has 0 saturated carbocycles. The second-order valence-electron chi connectivity index (χ2n) is 7.43. The molecule has 2 aromatic heterocycles. The van der Waals surface area contributed by atoms with Gasteiger partial charge in [0.05, 0.1) is 11.8 Å². The molecule has 1 fully saturated rings. The van der Waals surface area contributed by atoms with Crippen molar-refractivity contribution in [3.63, 3.8) is 0 Å². The first-order valence-electron chi connectivity index (χ1n) is 9.61. The number of hydrogen-bond donors (Lipinski definition) is 2. The fourth-order valence-electron chi connectivity index (χ4n) is 3.57. The van der Waals surface area contributed by atoms with E-state index in [2.05, 4.69) is 15.4 Å². The highest BCUT2D eigenvalue weighted by Crippen LogP contribution is 2.23. The van der Waals surface area contributed by atoms with Crippen molar-refractivity contribution in [2.24, 2.45) is 7.05 Å². The number of pyridine rings is 1. The van der Waals surface area contributed by atoms with Gasteiger partial charge in [-0.05, 0) is 30.7 Å². The van der Waals surface area contributed by atoms with Gasteiger partial charge in [-0.3, -0.25) is 14.3 Å². The van der Waals surface area contributed by atoms with Gasteiger partial charge in [0.2, 0.25) is 0 Å². The van der Waals surface area contributed by atoms with Crippen LogP contribution in [-0.4, -0.2) is 50.6 Å². The fourth-order valence-corrected chi connectivity index (χ4v) is 4.10. The van der Waals surface area contributed by atoms with E-state index in [1.165, 1.54) is 0 Å². The lowest BCUT2D eigenvalue weighted by Gasteiger charge is -2.18. The Morgan fingerprint density at radius 1 is 1.13 bits per heavy atom. The van der Waals surface area contributed by atoms with E-state index in [1.807, 2.05) is 13.2 Å². The summed E-state index contributed by atoms with van der Waals surface area (Å²) >= 11 is 12.0. The summed E-state index contributed by atoms with van der Waals surface area (Å²) in [4.78, 5) is 31.4. The number of aromatic nitrogens is 3. The summed E-state index contributed by atoms with van der Waals surface area (Å²) in [5.41, 5.74) is 8.23. The normalized spacial score (nSPS) is 15.8. The van der Waals surface area contributed by atoms with E-state index in [9.17, 15) is 9.59 Å². The van der Waals surface area contributed by atoms with E-state index < -0.39 is 0 Å². The van der Waals surface area contributed by atoms with Gasteiger partial charge in [0.25, 0.3) is 11.8 Å². The van der Waals surface area contributed by atoms with Gasteiger partial charge in [-0.2, -0.15) is 5.10 Å². The number of aryl methyl sites for hydroxylation is 1. The Labute approximate surface area is 189 Å². The Morgan fingerprint density at radius 2 is 1.87 bits per heavy atom. The van der Waals surface area contributed by atoms with Gasteiger partial charge >= 0.3 is 0 Å². The van der Waals surface area contributed by atoms with Crippen molar-refractivity contribution in [1.29, 1.82) is 0 Å². The van der Waals surface area contributed by atoms with E-state index in [4.69, 9.17) is 28.9 Å². The number of anilines is 1. The topological polar surface area (TPSA) is 106 Å². The molecule has 0 bridgehead atoms. The van der Waals surface area contributed by atoms with E-state index in [-0.39, 0.29) is 29.2 Å². The Balaban J connectivity index is 1.44. The lowest BCUT2D eigenvalue weighted by Crippen LogP contribution is -2.38.